The lowest BCUT2D eigenvalue weighted by atomic mass is 10.1. The Balaban J connectivity index is 2.23. The summed E-state index contributed by atoms with van der Waals surface area (Å²) >= 11 is 0. The average Bonchev–Trinajstić information content (AvgIpc) is 2.44. The molecule has 0 aliphatic carbocycles. The molecule has 1 aliphatic rings. The van der Waals surface area contributed by atoms with Crippen LogP contribution in [0.2, 0.25) is 0 Å². The van der Waals surface area contributed by atoms with E-state index in [-0.39, 0.29) is 12.2 Å². The van der Waals surface area contributed by atoms with Crippen LogP contribution in [0.25, 0.3) is 0 Å². The van der Waals surface area contributed by atoms with Crippen molar-refractivity contribution in [2.24, 2.45) is 0 Å². The Morgan fingerprint density at radius 2 is 2.07 bits per heavy atom. The van der Waals surface area contributed by atoms with Crippen LogP contribution in [0.4, 0.5) is 10.1 Å². The summed E-state index contributed by atoms with van der Waals surface area (Å²) in [5.41, 5.74) is 1.72. The number of aryl methyl sites for hydroxylation is 1. The highest BCUT2D eigenvalue weighted by molar-refractivity contribution is 5.54. The van der Waals surface area contributed by atoms with Crippen LogP contribution in [0.15, 0.2) is 18.2 Å². The van der Waals surface area contributed by atoms with Gasteiger partial charge >= 0.3 is 0 Å². The highest BCUT2D eigenvalue weighted by atomic mass is 19.1. The normalized spacial score (nSPS) is 23.5. The SMILES string of the molecule is [2H]C1CCCN(c2c(C)cccc2F)CC1. The molecule has 1 aromatic rings. The summed E-state index contributed by atoms with van der Waals surface area (Å²) in [6.45, 7) is 3.62. The second kappa shape index (κ2) is 4.65. The van der Waals surface area contributed by atoms with E-state index in [4.69, 9.17) is 1.37 Å². The molecule has 0 radical (unpaired) electrons. The molecule has 1 saturated heterocycles. The smallest absolute Gasteiger partial charge is 0.146 e. The maximum absolute atomic E-state index is 13.8. The lowest BCUT2D eigenvalue weighted by Crippen LogP contribution is -2.25. The van der Waals surface area contributed by atoms with E-state index in [0.29, 0.717) is 0 Å². The minimum Gasteiger partial charge on any atom is -0.369 e. The molecule has 1 nitrogen and oxygen atoms in total. The molecule has 1 unspecified atom stereocenters. The van der Waals surface area contributed by atoms with Crippen molar-refractivity contribution in [1.82, 2.24) is 0 Å². The fourth-order valence-corrected chi connectivity index (χ4v) is 2.18. The fraction of sp³-hybridized carbons (Fsp3) is 0.538. The third-order valence-electron chi connectivity index (χ3n) is 2.94. The first-order valence-electron chi connectivity index (χ1n) is 6.18. The molecule has 0 spiro atoms. The van der Waals surface area contributed by atoms with E-state index >= 15 is 0 Å². The molecule has 0 N–H and O–H groups in total. The predicted octanol–water partition coefficient (Wildman–Crippen LogP) is 3.51. The minimum absolute atomic E-state index is 0.0251. The van der Waals surface area contributed by atoms with Gasteiger partial charge in [0.05, 0.1) is 5.69 Å². The summed E-state index contributed by atoms with van der Waals surface area (Å²) < 4.78 is 21.5. The van der Waals surface area contributed by atoms with Gasteiger partial charge in [-0.3, -0.25) is 0 Å². The number of benzene rings is 1. The van der Waals surface area contributed by atoms with Crippen molar-refractivity contribution in [3.63, 3.8) is 0 Å². The molecular weight excluding hydrogens is 189 g/mol. The summed E-state index contributed by atoms with van der Waals surface area (Å²) in [6, 6.07) is 5.21. The first-order valence-corrected chi connectivity index (χ1v) is 5.61. The van der Waals surface area contributed by atoms with E-state index in [0.717, 1.165) is 43.6 Å². The number of anilines is 1. The van der Waals surface area contributed by atoms with Crippen LogP contribution < -0.4 is 4.90 Å². The van der Waals surface area contributed by atoms with Crippen LogP contribution in [0.5, 0.6) is 0 Å². The van der Waals surface area contributed by atoms with Crippen LogP contribution in [0.3, 0.4) is 0 Å². The van der Waals surface area contributed by atoms with Gasteiger partial charge in [-0.1, -0.05) is 25.0 Å². The van der Waals surface area contributed by atoms with Gasteiger partial charge in [0.2, 0.25) is 0 Å². The van der Waals surface area contributed by atoms with Crippen molar-refractivity contribution in [2.75, 3.05) is 18.0 Å². The third-order valence-corrected chi connectivity index (χ3v) is 2.94. The second-order valence-corrected chi connectivity index (χ2v) is 4.11. The van der Waals surface area contributed by atoms with Crippen LogP contribution in [0, 0.1) is 12.7 Å². The Labute approximate surface area is 92.3 Å². The number of halogens is 1. The van der Waals surface area contributed by atoms with E-state index in [2.05, 4.69) is 4.90 Å². The number of para-hydroxylation sites is 1. The standard InChI is InChI=1S/C13H18FN/c1-11-7-6-8-12(14)13(11)15-9-4-2-3-5-10-15/h6-8H,2-5,9-10H2,1H3/i2D. The summed E-state index contributed by atoms with van der Waals surface area (Å²) in [5, 5.41) is 0. The molecule has 82 valence electrons. The van der Waals surface area contributed by atoms with Gasteiger partial charge in [0, 0.05) is 14.5 Å². The number of nitrogens with zero attached hydrogens (tertiary/aromatic N) is 1. The van der Waals surface area contributed by atoms with E-state index in [1.165, 1.54) is 6.07 Å². The van der Waals surface area contributed by atoms with Gasteiger partial charge in [0.1, 0.15) is 5.82 Å². The molecule has 1 fully saturated rings. The average molecular weight is 208 g/mol. The molecule has 15 heavy (non-hydrogen) atoms. The molecule has 1 heterocycles. The van der Waals surface area contributed by atoms with Crippen LogP contribution in [0.1, 0.15) is 32.6 Å². The highest BCUT2D eigenvalue weighted by Gasteiger charge is 2.15. The molecule has 2 heteroatoms. The first kappa shape index (κ1) is 9.20. The van der Waals surface area contributed by atoms with Crippen LogP contribution >= 0.6 is 0 Å². The topological polar surface area (TPSA) is 3.24 Å². The number of rotatable bonds is 1. The van der Waals surface area contributed by atoms with E-state index in [9.17, 15) is 4.39 Å². The van der Waals surface area contributed by atoms with Gasteiger partial charge in [0.25, 0.3) is 0 Å². The highest BCUT2D eigenvalue weighted by Crippen LogP contribution is 2.26. The van der Waals surface area contributed by atoms with Crippen molar-refractivity contribution in [3.05, 3.63) is 29.6 Å². The molecule has 0 saturated carbocycles. The molecular formula is C13H18FN. The van der Waals surface area contributed by atoms with Gasteiger partial charge in [0.15, 0.2) is 0 Å². The van der Waals surface area contributed by atoms with Crippen molar-refractivity contribution >= 4 is 5.69 Å². The Bertz CT molecular complexity index is 347. The molecule has 0 aromatic heterocycles. The number of hydrogen-bond donors (Lipinski definition) is 0. The fourth-order valence-electron chi connectivity index (χ4n) is 2.18. The second-order valence-electron chi connectivity index (χ2n) is 4.11. The largest absolute Gasteiger partial charge is 0.369 e. The van der Waals surface area contributed by atoms with Gasteiger partial charge in [-0.15, -0.1) is 0 Å². The van der Waals surface area contributed by atoms with Crippen molar-refractivity contribution in [3.8, 4) is 0 Å². The van der Waals surface area contributed by atoms with E-state index in [1.807, 2.05) is 13.0 Å². The zero-order valence-corrected chi connectivity index (χ0v) is 9.17. The van der Waals surface area contributed by atoms with Gasteiger partial charge in [-0.05, 0) is 31.4 Å². The van der Waals surface area contributed by atoms with E-state index in [1.54, 1.807) is 6.07 Å². The summed E-state index contributed by atoms with van der Waals surface area (Å²) in [7, 11) is 0. The van der Waals surface area contributed by atoms with Gasteiger partial charge in [-0.25, -0.2) is 4.39 Å². The molecule has 1 aromatic carbocycles. The lowest BCUT2D eigenvalue weighted by Gasteiger charge is -2.24. The maximum Gasteiger partial charge on any atom is 0.146 e. The Kier molecular flexibility index (Phi) is 2.85. The zero-order chi connectivity index (χ0) is 11.5. The van der Waals surface area contributed by atoms with E-state index < -0.39 is 0 Å². The molecule has 1 aliphatic heterocycles. The molecule has 2 rings (SSSR count). The quantitative estimate of drug-likeness (QED) is 0.682. The predicted molar refractivity (Wildman–Crippen MR) is 61.8 cm³/mol. The van der Waals surface area contributed by atoms with Crippen LogP contribution in [-0.2, 0) is 0 Å². The third kappa shape index (κ3) is 2.31. The Hall–Kier alpha value is -1.05. The zero-order valence-electron chi connectivity index (χ0n) is 10.2. The maximum atomic E-state index is 13.8. The van der Waals surface area contributed by atoms with Gasteiger partial charge < -0.3 is 4.90 Å². The van der Waals surface area contributed by atoms with Crippen molar-refractivity contribution < 1.29 is 5.76 Å². The number of hydrogen-bond acceptors (Lipinski definition) is 1. The monoisotopic (exact) mass is 208 g/mol. The van der Waals surface area contributed by atoms with Gasteiger partial charge in [-0.2, -0.15) is 0 Å². The summed E-state index contributed by atoms with van der Waals surface area (Å²) in [6.07, 6.45) is 2.79. The Morgan fingerprint density at radius 3 is 2.87 bits per heavy atom. The van der Waals surface area contributed by atoms with Crippen LogP contribution in [-0.4, -0.2) is 13.1 Å². The molecule has 0 amide bonds. The summed E-state index contributed by atoms with van der Waals surface area (Å²) in [4.78, 5) is 2.10. The molecule has 1 atom stereocenters. The molecule has 0 bridgehead atoms. The lowest BCUT2D eigenvalue weighted by molar-refractivity contribution is 0.615. The summed E-state index contributed by atoms with van der Waals surface area (Å²) in [5.74, 6) is -0.136. The Morgan fingerprint density at radius 1 is 1.27 bits per heavy atom. The van der Waals surface area contributed by atoms with Crippen molar-refractivity contribution in [2.45, 2.75) is 32.6 Å². The first-order chi connectivity index (χ1) is 7.68. The minimum atomic E-state index is -0.136. The van der Waals surface area contributed by atoms with Crippen molar-refractivity contribution in [1.29, 1.82) is 0 Å².